The van der Waals surface area contributed by atoms with Gasteiger partial charge in [-0.05, 0) is 48.1 Å². The zero-order chi connectivity index (χ0) is 22.9. The van der Waals surface area contributed by atoms with Crippen molar-refractivity contribution in [3.8, 4) is 0 Å². The highest BCUT2D eigenvalue weighted by Crippen LogP contribution is 2.55. The van der Waals surface area contributed by atoms with Gasteiger partial charge < -0.3 is 0 Å². The minimum atomic E-state index is -0.743. The van der Waals surface area contributed by atoms with E-state index < -0.39 is 16.5 Å². The molecule has 8 heteroatoms. The zero-order valence-corrected chi connectivity index (χ0v) is 19.2. The summed E-state index contributed by atoms with van der Waals surface area (Å²) in [5.74, 6) is 4.85. The molecule has 0 bridgehead atoms. The Kier molecular flexibility index (Phi) is 6.65. The van der Waals surface area contributed by atoms with Crippen molar-refractivity contribution < 1.29 is 13.6 Å². The van der Waals surface area contributed by atoms with Gasteiger partial charge in [-0.25, -0.2) is 18.8 Å². The number of thioether (sulfide) groups is 1. The van der Waals surface area contributed by atoms with Crippen molar-refractivity contribution in [3.63, 3.8) is 0 Å². The third-order valence-electron chi connectivity index (χ3n) is 6.30. The van der Waals surface area contributed by atoms with E-state index in [1.54, 1.807) is 5.01 Å². The number of halogens is 2. The molecule has 2 aliphatic rings. The number of rotatable bonds is 7. The van der Waals surface area contributed by atoms with Crippen LogP contribution in [0.15, 0.2) is 47.6 Å². The first-order chi connectivity index (χ1) is 15.4. The topological polar surface area (TPSA) is 61.9 Å². The van der Waals surface area contributed by atoms with Crippen LogP contribution in [0.1, 0.15) is 49.8 Å². The monoisotopic (exact) mass is 458 g/mol. The summed E-state index contributed by atoms with van der Waals surface area (Å²) in [5, 5.41) is 8.15. The molecule has 0 saturated heterocycles. The highest BCUT2D eigenvalue weighted by Gasteiger charge is 2.52. The van der Waals surface area contributed by atoms with Gasteiger partial charge in [0.1, 0.15) is 21.5 Å². The molecule has 32 heavy (non-hydrogen) atoms. The molecule has 1 amide bonds. The Morgan fingerprint density at radius 2 is 2.06 bits per heavy atom. The van der Waals surface area contributed by atoms with E-state index in [2.05, 4.69) is 11.2 Å². The van der Waals surface area contributed by atoms with Crippen LogP contribution < -0.4 is 5.84 Å². The number of fused-ring (bicyclic) bond motifs is 2. The summed E-state index contributed by atoms with van der Waals surface area (Å²) < 4.78 is 28.5. The van der Waals surface area contributed by atoms with Gasteiger partial charge in [-0.3, -0.25) is 10.6 Å². The molecule has 2 N–H and O–H groups in total. The van der Waals surface area contributed by atoms with Crippen LogP contribution in [0.25, 0.3) is 0 Å². The minimum Gasteiger partial charge on any atom is -0.273 e. The van der Waals surface area contributed by atoms with Gasteiger partial charge in [0.2, 0.25) is 5.91 Å². The van der Waals surface area contributed by atoms with Crippen molar-refractivity contribution in [1.82, 2.24) is 10.0 Å². The van der Waals surface area contributed by atoms with E-state index in [4.69, 9.17) is 5.84 Å². The average molecular weight is 459 g/mol. The van der Waals surface area contributed by atoms with E-state index in [0.29, 0.717) is 24.6 Å². The molecule has 4 rings (SSSR count). The Labute approximate surface area is 191 Å². The number of carbonyl (C=O) groups is 1. The number of nitrogens with two attached hydrogens (primary N) is 1. The first-order valence-electron chi connectivity index (χ1n) is 11.0. The Morgan fingerprint density at radius 1 is 1.28 bits per heavy atom. The second-order valence-electron chi connectivity index (χ2n) is 8.34. The van der Waals surface area contributed by atoms with Crippen LogP contribution in [0.3, 0.4) is 0 Å². The Bertz CT molecular complexity index is 1050. The number of nitrogens with zero attached hydrogens (tertiary/aromatic N) is 3. The molecule has 1 heterocycles. The number of hydrazine groups is 1. The normalized spacial score (nSPS) is 20.7. The molecule has 0 saturated carbocycles. The second-order valence-corrected chi connectivity index (χ2v) is 9.61. The fourth-order valence-electron chi connectivity index (χ4n) is 4.44. The number of hydrazone groups is 1. The number of amides is 1. The Hall–Kier alpha value is -2.29. The molecule has 2 unspecified atom stereocenters. The lowest BCUT2D eigenvalue weighted by Gasteiger charge is -2.33. The number of carbonyl (C=O) groups excluding carboxylic acids is 1. The van der Waals surface area contributed by atoms with Gasteiger partial charge in [-0.2, -0.15) is 5.10 Å². The van der Waals surface area contributed by atoms with Gasteiger partial charge in [0.05, 0.1) is 0 Å². The SMILES string of the molecule is CCC(CC(=O)N1N=C(c2cc(F)ccc2F)SC12CCc1ccccc12)CN(N)CC. The van der Waals surface area contributed by atoms with Crippen molar-refractivity contribution in [2.24, 2.45) is 16.9 Å². The van der Waals surface area contributed by atoms with Crippen LogP contribution >= 0.6 is 11.8 Å². The molecule has 1 aliphatic heterocycles. The quantitative estimate of drug-likeness (QED) is 0.486. The largest absolute Gasteiger partial charge is 0.273 e. The van der Waals surface area contributed by atoms with E-state index in [-0.39, 0.29) is 23.8 Å². The van der Waals surface area contributed by atoms with Crippen LogP contribution in [0.5, 0.6) is 0 Å². The van der Waals surface area contributed by atoms with Crippen molar-refractivity contribution >= 4 is 22.7 Å². The molecule has 2 atom stereocenters. The number of aryl methyl sites for hydroxylation is 1. The van der Waals surface area contributed by atoms with Crippen LogP contribution in [-0.4, -0.2) is 34.1 Å². The Balaban J connectivity index is 1.71. The molecule has 170 valence electrons. The van der Waals surface area contributed by atoms with Gasteiger partial charge >= 0.3 is 0 Å². The maximum Gasteiger partial charge on any atom is 0.244 e. The molecule has 2 aromatic rings. The van der Waals surface area contributed by atoms with Crippen LogP contribution in [-0.2, 0) is 16.1 Å². The number of benzene rings is 2. The first kappa shape index (κ1) is 22.9. The second kappa shape index (κ2) is 9.29. The maximum atomic E-state index is 14.6. The minimum absolute atomic E-state index is 0.0799. The lowest BCUT2D eigenvalue weighted by atomic mass is 10.0. The molecule has 0 radical (unpaired) electrons. The van der Waals surface area contributed by atoms with Crippen LogP contribution in [0.4, 0.5) is 8.78 Å². The fraction of sp³-hybridized carbons (Fsp3) is 0.417. The standard InChI is InChI=1S/C24H28F2N4OS/c1-3-16(15-29(27)4-2)13-22(31)30-24(12-11-17-7-5-6-8-20(17)24)32-23(28-30)19-14-18(25)9-10-21(19)26/h5-10,14,16H,3-4,11-13,15,27H2,1-2H3. The van der Waals surface area contributed by atoms with E-state index in [0.717, 1.165) is 42.2 Å². The highest BCUT2D eigenvalue weighted by atomic mass is 32.2. The predicted octanol–water partition coefficient (Wildman–Crippen LogP) is 4.61. The van der Waals surface area contributed by atoms with E-state index in [1.165, 1.54) is 16.8 Å². The highest BCUT2D eigenvalue weighted by molar-refractivity contribution is 8.15. The fourth-order valence-corrected chi connectivity index (χ4v) is 5.89. The third kappa shape index (κ3) is 4.19. The zero-order valence-electron chi connectivity index (χ0n) is 18.4. The molecule has 0 fully saturated rings. The molecular formula is C24H28F2N4OS. The summed E-state index contributed by atoms with van der Waals surface area (Å²) in [6, 6.07) is 11.3. The summed E-state index contributed by atoms with van der Waals surface area (Å²) in [5.41, 5.74) is 2.25. The predicted molar refractivity (Wildman–Crippen MR) is 124 cm³/mol. The van der Waals surface area contributed by atoms with Crippen molar-refractivity contribution in [2.45, 2.75) is 44.4 Å². The summed E-state index contributed by atoms with van der Waals surface area (Å²) in [6.45, 7) is 5.32. The third-order valence-corrected chi connectivity index (χ3v) is 7.73. The maximum absolute atomic E-state index is 14.6. The summed E-state index contributed by atoms with van der Waals surface area (Å²) in [6.07, 6.45) is 2.56. The van der Waals surface area contributed by atoms with Gasteiger partial charge in [0, 0.05) is 25.1 Å². The van der Waals surface area contributed by atoms with Crippen molar-refractivity contribution in [1.29, 1.82) is 0 Å². The summed E-state index contributed by atoms with van der Waals surface area (Å²) in [4.78, 5) is 12.8. The summed E-state index contributed by atoms with van der Waals surface area (Å²) in [7, 11) is 0. The molecule has 5 nitrogen and oxygen atoms in total. The first-order valence-corrected chi connectivity index (χ1v) is 11.8. The van der Waals surface area contributed by atoms with Crippen molar-refractivity contribution in [2.75, 3.05) is 13.1 Å². The lowest BCUT2D eigenvalue weighted by Crippen LogP contribution is -2.42. The molecular weight excluding hydrogens is 430 g/mol. The lowest BCUT2D eigenvalue weighted by molar-refractivity contribution is -0.135. The smallest absolute Gasteiger partial charge is 0.244 e. The number of hydrogen-bond donors (Lipinski definition) is 1. The number of hydrogen-bond acceptors (Lipinski definition) is 5. The van der Waals surface area contributed by atoms with Gasteiger partial charge in [0.25, 0.3) is 0 Å². The molecule has 1 spiro atoms. The van der Waals surface area contributed by atoms with Gasteiger partial charge in [0.15, 0.2) is 0 Å². The van der Waals surface area contributed by atoms with E-state index in [9.17, 15) is 13.6 Å². The van der Waals surface area contributed by atoms with Crippen LogP contribution in [0, 0.1) is 17.6 Å². The van der Waals surface area contributed by atoms with E-state index >= 15 is 0 Å². The molecule has 0 aromatic heterocycles. The summed E-state index contributed by atoms with van der Waals surface area (Å²) >= 11 is 1.34. The molecule has 1 aliphatic carbocycles. The average Bonchev–Trinajstić information content (AvgIpc) is 3.37. The molecule has 2 aromatic carbocycles. The van der Waals surface area contributed by atoms with E-state index in [1.807, 2.05) is 32.0 Å². The van der Waals surface area contributed by atoms with Gasteiger partial charge in [-0.15, -0.1) is 0 Å². The van der Waals surface area contributed by atoms with Gasteiger partial charge in [-0.1, -0.05) is 56.3 Å². The van der Waals surface area contributed by atoms with Crippen LogP contribution in [0.2, 0.25) is 0 Å². The van der Waals surface area contributed by atoms with Crippen molar-refractivity contribution in [3.05, 3.63) is 70.8 Å². The Morgan fingerprint density at radius 3 is 2.81 bits per heavy atom.